The molecule has 0 aliphatic rings. The monoisotopic (exact) mass is 285 g/mol. The lowest BCUT2D eigenvalue weighted by molar-refractivity contribution is 0.425. The van der Waals surface area contributed by atoms with Gasteiger partial charge in [0.15, 0.2) is 0 Å². The normalized spacial score (nSPS) is 10.7. The van der Waals surface area contributed by atoms with Crippen molar-refractivity contribution in [3.8, 4) is 0 Å². The summed E-state index contributed by atoms with van der Waals surface area (Å²) in [6.45, 7) is 4.81. The Morgan fingerprint density at radius 1 is 1.10 bits per heavy atom. The number of nitrogens with one attached hydrogen (secondary N) is 1. The molecule has 5 nitrogen and oxygen atoms in total. The van der Waals surface area contributed by atoms with E-state index in [1.165, 1.54) is 0 Å². The predicted octanol–water partition coefficient (Wildman–Crippen LogP) is 2.61. The Bertz CT molecular complexity index is 541. The maximum Gasteiger partial charge on any atom is 0.138 e. The van der Waals surface area contributed by atoms with Gasteiger partial charge in [-0.1, -0.05) is 18.2 Å². The Balaban J connectivity index is 2.11. The van der Waals surface area contributed by atoms with Crippen LogP contribution in [-0.4, -0.2) is 48.6 Å². The van der Waals surface area contributed by atoms with E-state index in [-0.39, 0.29) is 0 Å². The van der Waals surface area contributed by atoms with E-state index in [9.17, 15) is 0 Å². The number of anilines is 3. The van der Waals surface area contributed by atoms with Crippen molar-refractivity contribution in [3.63, 3.8) is 0 Å². The topological polar surface area (TPSA) is 44.3 Å². The Labute approximate surface area is 126 Å². The first-order valence-electron chi connectivity index (χ1n) is 7.24. The van der Waals surface area contributed by atoms with Gasteiger partial charge >= 0.3 is 0 Å². The Morgan fingerprint density at radius 3 is 2.52 bits per heavy atom. The molecule has 1 heterocycles. The number of likely N-dealkylation sites (N-methyl/N-ethyl adjacent to an activating group) is 1. The van der Waals surface area contributed by atoms with Crippen LogP contribution < -0.4 is 10.2 Å². The van der Waals surface area contributed by atoms with Gasteiger partial charge in [-0.3, -0.25) is 0 Å². The van der Waals surface area contributed by atoms with Gasteiger partial charge in [0.25, 0.3) is 0 Å². The van der Waals surface area contributed by atoms with E-state index in [1.54, 1.807) is 6.33 Å². The fourth-order valence-electron chi connectivity index (χ4n) is 2.08. The summed E-state index contributed by atoms with van der Waals surface area (Å²) in [7, 11) is 4.11. The molecule has 2 aromatic rings. The molecule has 0 saturated heterocycles. The van der Waals surface area contributed by atoms with Crippen molar-refractivity contribution in [2.45, 2.75) is 6.92 Å². The Hall–Kier alpha value is -2.14. The number of nitrogens with zero attached hydrogens (tertiary/aromatic N) is 4. The minimum atomic E-state index is 0.858. The van der Waals surface area contributed by atoms with E-state index < -0.39 is 0 Å². The molecule has 1 aromatic heterocycles. The number of rotatable bonds is 7. The van der Waals surface area contributed by atoms with Gasteiger partial charge in [-0.15, -0.1) is 0 Å². The molecule has 0 radical (unpaired) electrons. The molecule has 1 N–H and O–H groups in total. The average molecular weight is 285 g/mol. The number of hydrogen-bond acceptors (Lipinski definition) is 5. The highest BCUT2D eigenvalue weighted by Crippen LogP contribution is 2.23. The third-order valence-corrected chi connectivity index (χ3v) is 3.18. The van der Waals surface area contributed by atoms with Gasteiger partial charge in [-0.25, -0.2) is 9.97 Å². The molecule has 5 heteroatoms. The molecule has 0 unspecified atom stereocenters. The fourth-order valence-corrected chi connectivity index (χ4v) is 2.08. The molecule has 0 spiro atoms. The van der Waals surface area contributed by atoms with Crippen molar-refractivity contribution < 1.29 is 0 Å². The van der Waals surface area contributed by atoms with Crippen molar-refractivity contribution in [2.24, 2.45) is 0 Å². The van der Waals surface area contributed by atoms with Crippen LogP contribution in [0.1, 0.15) is 6.92 Å². The van der Waals surface area contributed by atoms with Crippen molar-refractivity contribution in [1.82, 2.24) is 14.9 Å². The molecule has 112 valence electrons. The maximum atomic E-state index is 4.39. The van der Waals surface area contributed by atoms with E-state index in [0.29, 0.717) is 0 Å². The SMILES string of the molecule is CCN(c1ccccc1)c1cc(NCCN(C)C)ncn1. The average Bonchev–Trinajstić information content (AvgIpc) is 2.49. The Kier molecular flexibility index (Phi) is 5.51. The summed E-state index contributed by atoms with van der Waals surface area (Å²) in [5.41, 5.74) is 1.14. The maximum absolute atomic E-state index is 4.39. The van der Waals surface area contributed by atoms with Crippen LogP contribution in [0, 0.1) is 0 Å². The summed E-state index contributed by atoms with van der Waals surface area (Å²) in [5.74, 6) is 1.77. The zero-order valence-corrected chi connectivity index (χ0v) is 13.0. The first-order valence-corrected chi connectivity index (χ1v) is 7.24. The first-order chi connectivity index (χ1) is 10.2. The summed E-state index contributed by atoms with van der Waals surface area (Å²) in [6.07, 6.45) is 1.61. The molecule has 0 saturated carbocycles. The van der Waals surface area contributed by atoms with Gasteiger partial charge in [0.2, 0.25) is 0 Å². The third-order valence-electron chi connectivity index (χ3n) is 3.18. The second-order valence-corrected chi connectivity index (χ2v) is 5.07. The number of benzene rings is 1. The number of para-hydroxylation sites is 1. The van der Waals surface area contributed by atoms with Crippen molar-refractivity contribution in [2.75, 3.05) is 43.9 Å². The first kappa shape index (κ1) is 15.3. The van der Waals surface area contributed by atoms with Crippen LogP contribution >= 0.6 is 0 Å². The minimum absolute atomic E-state index is 0.858. The van der Waals surface area contributed by atoms with Gasteiger partial charge in [-0.2, -0.15) is 0 Å². The van der Waals surface area contributed by atoms with Crippen LogP contribution in [0.3, 0.4) is 0 Å². The van der Waals surface area contributed by atoms with Gasteiger partial charge < -0.3 is 15.1 Å². The highest BCUT2D eigenvalue weighted by Gasteiger charge is 2.09. The lowest BCUT2D eigenvalue weighted by atomic mass is 10.3. The van der Waals surface area contributed by atoms with Crippen molar-refractivity contribution in [3.05, 3.63) is 42.7 Å². The molecule has 0 atom stereocenters. The van der Waals surface area contributed by atoms with E-state index in [4.69, 9.17) is 0 Å². The summed E-state index contributed by atoms with van der Waals surface area (Å²) < 4.78 is 0. The molecule has 21 heavy (non-hydrogen) atoms. The standard InChI is InChI=1S/C16H23N5/c1-4-21(14-8-6-5-7-9-14)16-12-15(18-13-19-16)17-10-11-20(2)3/h5-9,12-13H,4,10-11H2,1-3H3,(H,17,18,19). The molecular weight excluding hydrogens is 262 g/mol. The molecule has 0 aliphatic carbocycles. The molecule has 0 amide bonds. The molecule has 0 bridgehead atoms. The predicted molar refractivity (Wildman–Crippen MR) is 88.2 cm³/mol. The minimum Gasteiger partial charge on any atom is -0.369 e. The number of aromatic nitrogens is 2. The summed E-state index contributed by atoms with van der Waals surface area (Å²) >= 11 is 0. The van der Waals surface area contributed by atoms with Crippen molar-refractivity contribution in [1.29, 1.82) is 0 Å². The summed E-state index contributed by atoms with van der Waals surface area (Å²) in [6, 6.07) is 12.3. The summed E-state index contributed by atoms with van der Waals surface area (Å²) in [5, 5.41) is 3.33. The van der Waals surface area contributed by atoms with Crippen LogP contribution in [0.2, 0.25) is 0 Å². The van der Waals surface area contributed by atoms with Crippen LogP contribution in [-0.2, 0) is 0 Å². The number of hydrogen-bond donors (Lipinski definition) is 1. The van der Waals surface area contributed by atoms with Gasteiger partial charge in [-0.05, 0) is 33.2 Å². The molecule has 1 aromatic carbocycles. The van der Waals surface area contributed by atoms with Gasteiger partial charge in [0.1, 0.15) is 18.0 Å². The second kappa shape index (κ2) is 7.59. The van der Waals surface area contributed by atoms with Crippen LogP contribution in [0.25, 0.3) is 0 Å². The smallest absolute Gasteiger partial charge is 0.138 e. The third kappa shape index (κ3) is 4.43. The zero-order chi connectivity index (χ0) is 15.1. The molecule has 0 aliphatic heterocycles. The van der Waals surface area contributed by atoms with Crippen molar-refractivity contribution >= 4 is 17.3 Å². The second-order valence-electron chi connectivity index (χ2n) is 5.07. The molecular formula is C16H23N5. The largest absolute Gasteiger partial charge is 0.369 e. The van der Waals surface area contributed by atoms with Crippen LogP contribution in [0.15, 0.2) is 42.7 Å². The highest BCUT2D eigenvalue weighted by atomic mass is 15.2. The quantitative estimate of drug-likeness (QED) is 0.847. The van der Waals surface area contributed by atoms with Gasteiger partial charge in [0, 0.05) is 31.4 Å². The lowest BCUT2D eigenvalue weighted by Crippen LogP contribution is -2.22. The van der Waals surface area contributed by atoms with Gasteiger partial charge in [0.05, 0.1) is 0 Å². The zero-order valence-electron chi connectivity index (χ0n) is 13.0. The van der Waals surface area contributed by atoms with E-state index >= 15 is 0 Å². The van der Waals surface area contributed by atoms with E-state index in [0.717, 1.165) is 37.0 Å². The molecule has 2 rings (SSSR count). The fraction of sp³-hybridized carbons (Fsp3) is 0.375. The Morgan fingerprint density at radius 2 is 1.86 bits per heavy atom. The highest BCUT2D eigenvalue weighted by molar-refractivity contribution is 5.61. The van der Waals surface area contributed by atoms with E-state index in [2.05, 4.69) is 58.2 Å². The van der Waals surface area contributed by atoms with E-state index in [1.807, 2.05) is 24.3 Å². The van der Waals surface area contributed by atoms with Crippen LogP contribution in [0.4, 0.5) is 17.3 Å². The summed E-state index contributed by atoms with van der Waals surface area (Å²) in [4.78, 5) is 13.0. The van der Waals surface area contributed by atoms with Crippen LogP contribution in [0.5, 0.6) is 0 Å². The molecule has 0 fully saturated rings. The lowest BCUT2D eigenvalue weighted by Gasteiger charge is -2.22.